The van der Waals surface area contributed by atoms with E-state index in [2.05, 4.69) is 20.5 Å². The molecule has 3 aliphatic heterocycles. The molecule has 1 aliphatic carbocycles. The number of alkyl halides is 3. The number of fused-ring (bicyclic) bond motifs is 1. The van der Waals surface area contributed by atoms with Crippen LogP contribution < -0.4 is 15.1 Å². The Balaban J connectivity index is 1.32. The lowest BCUT2D eigenvalue weighted by Crippen LogP contribution is -2.50. The molecule has 0 bridgehead atoms. The van der Waals surface area contributed by atoms with E-state index in [0.29, 0.717) is 49.6 Å². The van der Waals surface area contributed by atoms with Crippen LogP contribution in [0.5, 0.6) is 5.75 Å². The average molecular weight is 435 g/mol. The lowest BCUT2D eigenvalue weighted by atomic mass is 10.0. The summed E-state index contributed by atoms with van der Waals surface area (Å²) in [5, 5.41) is 4.22. The third kappa shape index (κ3) is 3.88. The largest absolute Gasteiger partial charge is 0.494 e. The molecule has 1 saturated heterocycles. The zero-order valence-electron chi connectivity index (χ0n) is 17.1. The number of halogens is 3. The molecule has 1 N–H and O–H groups in total. The van der Waals surface area contributed by atoms with Crippen LogP contribution in [0.1, 0.15) is 19.3 Å². The number of amidine groups is 1. The highest BCUT2D eigenvalue weighted by atomic mass is 19.4. The van der Waals surface area contributed by atoms with Crippen LogP contribution in [0.25, 0.3) is 0 Å². The zero-order valence-corrected chi connectivity index (χ0v) is 17.1. The topological polar surface area (TPSA) is 69.1 Å². The van der Waals surface area contributed by atoms with E-state index >= 15 is 0 Å². The first-order valence-corrected chi connectivity index (χ1v) is 10.4. The number of rotatable bonds is 5. The van der Waals surface area contributed by atoms with Crippen molar-refractivity contribution in [2.24, 2.45) is 11.0 Å². The van der Waals surface area contributed by atoms with Crippen molar-refractivity contribution < 1.29 is 17.9 Å². The summed E-state index contributed by atoms with van der Waals surface area (Å²) in [5.41, 5.74) is 2.35. The Hall–Kier alpha value is -2.98. The van der Waals surface area contributed by atoms with Crippen LogP contribution in [-0.4, -0.2) is 71.2 Å². The Kier molecular flexibility index (Phi) is 4.90. The van der Waals surface area contributed by atoms with Crippen molar-refractivity contribution in [1.82, 2.24) is 25.2 Å². The fourth-order valence-electron chi connectivity index (χ4n) is 4.19. The van der Waals surface area contributed by atoms with Gasteiger partial charge in [0.25, 0.3) is 0 Å². The number of nitrogens with one attached hydrogen (secondary N) is 1. The molecular weight excluding hydrogens is 411 g/mol. The van der Waals surface area contributed by atoms with Gasteiger partial charge in [-0.1, -0.05) is 0 Å². The Morgan fingerprint density at radius 2 is 1.77 bits per heavy atom. The van der Waals surface area contributed by atoms with Crippen molar-refractivity contribution in [3.05, 3.63) is 35.9 Å². The summed E-state index contributed by atoms with van der Waals surface area (Å²) in [6, 6.07) is 0. The van der Waals surface area contributed by atoms with Crippen LogP contribution in [0.4, 0.5) is 19.1 Å². The number of anilines is 1. The third-order valence-corrected chi connectivity index (χ3v) is 6.06. The molecule has 1 saturated carbocycles. The number of allylic oxidation sites excluding steroid dienone is 1. The first kappa shape index (κ1) is 20.0. The van der Waals surface area contributed by atoms with E-state index in [4.69, 9.17) is 4.74 Å². The van der Waals surface area contributed by atoms with E-state index in [-0.39, 0.29) is 5.70 Å². The van der Waals surface area contributed by atoms with Crippen LogP contribution in [-0.2, 0) is 0 Å². The number of ether oxygens (including phenoxy) is 1. The molecule has 31 heavy (non-hydrogen) atoms. The van der Waals surface area contributed by atoms with Gasteiger partial charge in [0.15, 0.2) is 11.9 Å². The molecule has 1 atom stereocenters. The van der Waals surface area contributed by atoms with Gasteiger partial charge in [0.05, 0.1) is 25.2 Å². The van der Waals surface area contributed by atoms with E-state index in [1.165, 1.54) is 0 Å². The predicted molar refractivity (Wildman–Crippen MR) is 108 cm³/mol. The summed E-state index contributed by atoms with van der Waals surface area (Å²) < 4.78 is 47.4. The van der Waals surface area contributed by atoms with Gasteiger partial charge in [-0.05, 0) is 24.8 Å². The highest BCUT2D eigenvalue weighted by Crippen LogP contribution is 2.40. The SMILES string of the molecule is COc1cnc(N2CCN(C3=C(C(F)(F)F)C4NN=C(CC5CC5)N4C=C3)CC2)nc1. The molecule has 2 fully saturated rings. The van der Waals surface area contributed by atoms with Gasteiger partial charge in [-0.15, -0.1) is 0 Å². The second kappa shape index (κ2) is 7.61. The molecule has 0 amide bonds. The second-order valence-electron chi connectivity index (χ2n) is 8.12. The minimum atomic E-state index is -4.46. The van der Waals surface area contributed by atoms with E-state index in [1.807, 2.05) is 4.90 Å². The molecule has 5 rings (SSSR count). The molecule has 0 radical (unpaired) electrons. The number of methoxy groups -OCH3 is 1. The Bertz CT molecular complexity index is 916. The second-order valence-corrected chi connectivity index (χ2v) is 8.12. The molecule has 8 nitrogen and oxygen atoms in total. The van der Waals surface area contributed by atoms with Crippen molar-refractivity contribution >= 4 is 11.8 Å². The van der Waals surface area contributed by atoms with E-state index in [9.17, 15) is 13.2 Å². The number of hydrogen-bond donors (Lipinski definition) is 1. The molecule has 1 aromatic heterocycles. The van der Waals surface area contributed by atoms with Crippen LogP contribution >= 0.6 is 0 Å². The normalized spacial score (nSPS) is 23.7. The summed E-state index contributed by atoms with van der Waals surface area (Å²) in [6.45, 7) is 1.94. The van der Waals surface area contributed by atoms with Gasteiger partial charge in [-0.25, -0.2) is 9.97 Å². The number of nitrogens with zero attached hydrogens (tertiary/aromatic N) is 6. The van der Waals surface area contributed by atoms with Crippen LogP contribution in [0, 0.1) is 5.92 Å². The first-order valence-electron chi connectivity index (χ1n) is 10.4. The zero-order chi connectivity index (χ0) is 21.6. The minimum Gasteiger partial charge on any atom is -0.494 e. The van der Waals surface area contributed by atoms with Crippen LogP contribution in [0.3, 0.4) is 0 Å². The molecule has 11 heteroatoms. The molecule has 0 aromatic carbocycles. The van der Waals surface area contributed by atoms with Gasteiger partial charge in [-0.2, -0.15) is 18.3 Å². The van der Waals surface area contributed by atoms with E-state index in [1.54, 1.807) is 41.6 Å². The summed E-state index contributed by atoms with van der Waals surface area (Å²) in [6.07, 6.45) is 3.98. The lowest BCUT2D eigenvalue weighted by molar-refractivity contribution is -0.102. The Labute approximate surface area is 178 Å². The summed E-state index contributed by atoms with van der Waals surface area (Å²) in [4.78, 5) is 13.9. The molecule has 4 aliphatic rings. The Morgan fingerprint density at radius 1 is 1.10 bits per heavy atom. The predicted octanol–water partition coefficient (Wildman–Crippen LogP) is 2.30. The fourth-order valence-corrected chi connectivity index (χ4v) is 4.19. The maximum absolute atomic E-state index is 14.1. The van der Waals surface area contributed by atoms with Gasteiger partial charge in [0.2, 0.25) is 5.95 Å². The highest BCUT2D eigenvalue weighted by Gasteiger charge is 2.48. The number of hydrazone groups is 1. The van der Waals surface area contributed by atoms with E-state index < -0.39 is 17.9 Å². The molecule has 4 heterocycles. The van der Waals surface area contributed by atoms with Gasteiger partial charge in [-0.3, -0.25) is 5.43 Å². The molecule has 166 valence electrons. The Morgan fingerprint density at radius 3 is 2.39 bits per heavy atom. The molecular formula is C20H24F3N7O. The van der Waals surface area contributed by atoms with E-state index in [0.717, 1.165) is 19.3 Å². The summed E-state index contributed by atoms with van der Waals surface area (Å²) in [7, 11) is 1.54. The number of aromatic nitrogens is 2. The van der Waals surface area contributed by atoms with Gasteiger partial charge >= 0.3 is 6.18 Å². The quantitative estimate of drug-likeness (QED) is 0.761. The summed E-state index contributed by atoms with van der Waals surface area (Å²) >= 11 is 0. The van der Waals surface area contributed by atoms with Crippen molar-refractivity contribution in [2.45, 2.75) is 31.6 Å². The smallest absolute Gasteiger partial charge is 0.418 e. The number of piperazine rings is 1. The fraction of sp³-hybridized carbons (Fsp3) is 0.550. The van der Waals surface area contributed by atoms with Crippen LogP contribution in [0.15, 0.2) is 41.0 Å². The monoisotopic (exact) mass is 435 g/mol. The van der Waals surface area contributed by atoms with Crippen molar-refractivity contribution in [2.75, 3.05) is 38.2 Å². The van der Waals surface area contributed by atoms with Crippen molar-refractivity contribution in [3.8, 4) is 5.75 Å². The van der Waals surface area contributed by atoms with Gasteiger partial charge in [0, 0.05) is 38.8 Å². The number of hydrogen-bond acceptors (Lipinski definition) is 8. The first-order chi connectivity index (χ1) is 14.9. The highest BCUT2D eigenvalue weighted by molar-refractivity contribution is 5.86. The van der Waals surface area contributed by atoms with Crippen molar-refractivity contribution in [1.29, 1.82) is 0 Å². The molecule has 1 aromatic rings. The maximum atomic E-state index is 14.1. The maximum Gasteiger partial charge on any atom is 0.418 e. The van der Waals surface area contributed by atoms with Crippen molar-refractivity contribution in [3.63, 3.8) is 0 Å². The average Bonchev–Trinajstić information content (AvgIpc) is 3.51. The van der Waals surface area contributed by atoms with Gasteiger partial charge < -0.3 is 19.4 Å². The lowest BCUT2D eigenvalue weighted by Gasteiger charge is -2.40. The molecule has 0 spiro atoms. The molecule has 1 unspecified atom stereocenters. The minimum absolute atomic E-state index is 0.208. The third-order valence-electron chi connectivity index (χ3n) is 6.06. The van der Waals surface area contributed by atoms with Gasteiger partial charge in [0.1, 0.15) is 11.4 Å². The summed E-state index contributed by atoms with van der Waals surface area (Å²) in [5.74, 6) is 2.34. The standard InChI is InChI=1S/C20H24F3N7O/c1-31-14-11-24-19(25-12-14)29-8-6-28(7-9-29)15-4-5-30-16(10-13-2-3-13)26-27-18(30)17(15)20(21,22)23/h4-5,11-13,18,27H,2-3,6-10H2,1H3. The van der Waals surface area contributed by atoms with Crippen LogP contribution in [0.2, 0.25) is 0 Å².